The van der Waals surface area contributed by atoms with Crippen LogP contribution in [0.1, 0.15) is 33.6 Å². The topological polar surface area (TPSA) is 72.8 Å². The SMILES string of the molecule is CCC(C)C(=O)OC(C=CC=CC#CC#CC=CCO)CCOC(C)=O. The molecule has 0 aliphatic rings. The summed E-state index contributed by atoms with van der Waals surface area (Å²) in [5.74, 6) is 9.78. The van der Waals surface area contributed by atoms with Crippen LogP contribution < -0.4 is 0 Å². The minimum absolute atomic E-state index is 0.0486. The summed E-state index contributed by atoms with van der Waals surface area (Å²) in [6, 6.07) is 0. The third-order valence-electron chi connectivity index (χ3n) is 3.12. The van der Waals surface area contributed by atoms with E-state index in [4.69, 9.17) is 14.6 Å². The van der Waals surface area contributed by atoms with E-state index in [0.717, 1.165) is 0 Å². The second-order valence-corrected chi connectivity index (χ2v) is 5.28. The molecule has 0 aromatic rings. The van der Waals surface area contributed by atoms with Crippen molar-refractivity contribution in [2.24, 2.45) is 5.92 Å². The van der Waals surface area contributed by atoms with E-state index in [2.05, 4.69) is 23.7 Å². The van der Waals surface area contributed by atoms with Crippen molar-refractivity contribution in [2.45, 2.75) is 39.7 Å². The maximum Gasteiger partial charge on any atom is 0.309 e. The normalized spacial score (nSPS) is 12.9. The first-order valence-corrected chi connectivity index (χ1v) is 8.45. The van der Waals surface area contributed by atoms with Crippen LogP contribution in [0.2, 0.25) is 0 Å². The zero-order valence-electron chi connectivity index (χ0n) is 15.5. The van der Waals surface area contributed by atoms with E-state index in [0.29, 0.717) is 12.8 Å². The third kappa shape index (κ3) is 13.7. The van der Waals surface area contributed by atoms with Gasteiger partial charge in [0.25, 0.3) is 0 Å². The van der Waals surface area contributed by atoms with Crippen LogP contribution in [0.5, 0.6) is 0 Å². The Bertz CT molecular complexity index is 635. The van der Waals surface area contributed by atoms with Gasteiger partial charge in [0.1, 0.15) is 6.10 Å². The van der Waals surface area contributed by atoms with E-state index >= 15 is 0 Å². The maximum absolute atomic E-state index is 11.9. The molecule has 0 fully saturated rings. The quantitative estimate of drug-likeness (QED) is 0.390. The van der Waals surface area contributed by atoms with Crippen molar-refractivity contribution >= 4 is 11.9 Å². The van der Waals surface area contributed by atoms with Gasteiger partial charge >= 0.3 is 11.9 Å². The molecule has 0 aromatic heterocycles. The highest BCUT2D eigenvalue weighted by atomic mass is 16.6. The van der Waals surface area contributed by atoms with Crippen LogP contribution in [0.4, 0.5) is 0 Å². The molecule has 0 saturated heterocycles. The molecule has 0 aliphatic carbocycles. The molecule has 140 valence electrons. The van der Waals surface area contributed by atoms with E-state index in [1.54, 1.807) is 31.2 Å². The Kier molecular flexibility index (Phi) is 14.1. The van der Waals surface area contributed by atoms with Gasteiger partial charge in [-0.1, -0.05) is 43.9 Å². The Balaban J connectivity index is 4.64. The Labute approximate surface area is 155 Å². The first kappa shape index (κ1) is 23.2. The van der Waals surface area contributed by atoms with Gasteiger partial charge in [-0.2, -0.15) is 0 Å². The van der Waals surface area contributed by atoms with Crippen molar-refractivity contribution < 1.29 is 24.2 Å². The number of aliphatic hydroxyl groups is 1. The zero-order chi connectivity index (χ0) is 19.6. The molecule has 0 bridgehead atoms. The van der Waals surface area contributed by atoms with Gasteiger partial charge in [0.15, 0.2) is 0 Å². The monoisotopic (exact) mass is 358 g/mol. The smallest absolute Gasteiger partial charge is 0.309 e. The molecule has 5 nitrogen and oxygen atoms in total. The predicted octanol–water partition coefficient (Wildman–Crippen LogP) is 2.57. The van der Waals surface area contributed by atoms with Crippen molar-refractivity contribution in [1.29, 1.82) is 0 Å². The van der Waals surface area contributed by atoms with E-state index in [1.807, 2.05) is 6.92 Å². The Hall–Kier alpha value is -2.76. The van der Waals surface area contributed by atoms with Gasteiger partial charge in [0.2, 0.25) is 0 Å². The molecule has 0 aromatic carbocycles. The van der Waals surface area contributed by atoms with Gasteiger partial charge in [-0.15, -0.1) is 0 Å². The highest BCUT2D eigenvalue weighted by Crippen LogP contribution is 2.09. The fourth-order valence-corrected chi connectivity index (χ4v) is 1.50. The lowest BCUT2D eigenvalue weighted by atomic mass is 10.1. The van der Waals surface area contributed by atoms with E-state index < -0.39 is 6.10 Å². The van der Waals surface area contributed by atoms with E-state index in [-0.39, 0.29) is 31.1 Å². The highest BCUT2D eigenvalue weighted by molar-refractivity contribution is 5.72. The standard InChI is InChI=1S/C21H26O5/c1-4-18(2)21(24)26-20(15-17-25-19(3)23)14-12-10-8-6-5-7-9-11-13-16-22/h8,10-14,18,20,22H,4,15-17H2,1-3H3. The summed E-state index contributed by atoms with van der Waals surface area (Å²) in [6.07, 6.45) is 10.4. The van der Waals surface area contributed by atoms with Gasteiger partial charge in [-0.3, -0.25) is 9.59 Å². The van der Waals surface area contributed by atoms with Crippen molar-refractivity contribution in [3.05, 3.63) is 36.5 Å². The lowest BCUT2D eigenvalue weighted by Crippen LogP contribution is -2.22. The fraction of sp³-hybridized carbons (Fsp3) is 0.429. The molecule has 2 unspecified atom stereocenters. The molecule has 0 rings (SSSR count). The van der Waals surface area contributed by atoms with Gasteiger partial charge in [-0.25, -0.2) is 0 Å². The predicted molar refractivity (Wildman–Crippen MR) is 101 cm³/mol. The van der Waals surface area contributed by atoms with Gasteiger partial charge in [0, 0.05) is 13.3 Å². The molecule has 2 atom stereocenters. The third-order valence-corrected chi connectivity index (χ3v) is 3.12. The Morgan fingerprint density at radius 1 is 1.15 bits per heavy atom. The average Bonchev–Trinajstić information content (AvgIpc) is 2.61. The first-order valence-electron chi connectivity index (χ1n) is 8.45. The minimum atomic E-state index is -0.475. The molecule has 0 radical (unpaired) electrons. The summed E-state index contributed by atoms with van der Waals surface area (Å²) < 4.78 is 10.3. The second-order valence-electron chi connectivity index (χ2n) is 5.28. The number of ether oxygens (including phenoxy) is 2. The molecule has 0 amide bonds. The summed E-state index contributed by atoms with van der Waals surface area (Å²) >= 11 is 0. The number of allylic oxidation sites excluding steroid dienone is 4. The van der Waals surface area contributed by atoms with Crippen LogP contribution in [0, 0.1) is 29.6 Å². The first-order chi connectivity index (χ1) is 12.5. The van der Waals surface area contributed by atoms with Crippen molar-refractivity contribution in [3.8, 4) is 23.7 Å². The largest absolute Gasteiger partial charge is 0.466 e. The summed E-state index contributed by atoms with van der Waals surface area (Å²) in [5.41, 5.74) is 0. The minimum Gasteiger partial charge on any atom is -0.466 e. The van der Waals surface area contributed by atoms with Crippen LogP contribution in [-0.2, 0) is 19.1 Å². The van der Waals surface area contributed by atoms with Crippen LogP contribution in [0.15, 0.2) is 36.5 Å². The van der Waals surface area contributed by atoms with E-state index in [1.165, 1.54) is 19.1 Å². The van der Waals surface area contributed by atoms with E-state index in [9.17, 15) is 9.59 Å². The number of carbonyl (C=O) groups is 2. The Morgan fingerprint density at radius 3 is 2.46 bits per heavy atom. The Morgan fingerprint density at radius 2 is 1.85 bits per heavy atom. The summed E-state index contributed by atoms with van der Waals surface area (Å²) in [7, 11) is 0. The van der Waals surface area contributed by atoms with Crippen LogP contribution in [-0.4, -0.2) is 36.4 Å². The second kappa shape index (κ2) is 15.7. The number of carbonyl (C=O) groups excluding carboxylic acids is 2. The molecular formula is C21H26O5. The average molecular weight is 358 g/mol. The fourth-order valence-electron chi connectivity index (χ4n) is 1.50. The molecule has 26 heavy (non-hydrogen) atoms. The highest BCUT2D eigenvalue weighted by Gasteiger charge is 2.17. The molecule has 0 spiro atoms. The summed E-state index contributed by atoms with van der Waals surface area (Å²) in [4.78, 5) is 22.8. The summed E-state index contributed by atoms with van der Waals surface area (Å²) in [6.45, 7) is 5.19. The molecule has 5 heteroatoms. The van der Waals surface area contributed by atoms with Crippen LogP contribution >= 0.6 is 0 Å². The van der Waals surface area contributed by atoms with Gasteiger partial charge < -0.3 is 14.6 Å². The molecular weight excluding hydrogens is 332 g/mol. The molecule has 0 saturated carbocycles. The number of hydrogen-bond donors (Lipinski definition) is 1. The molecule has 1 N–H and O–H groups in total. The summed E-state index contributed by atoms with van der Waals surface area (Å²) in [5, 5.41) is 8.53. The van der Waals surface area contributed by atoms with Gasteiger partial charge in [-0.05, 0) is 36.5 Å². The number of esters is 2. The number of hydrogen-bond acceptors (Lipinski definition) is 5. The maximum atomic E-state index is 11.9. The van der Waals surface area contributed by atoms with Gasteiger partial charge in [0.05, 0.1) is 19.1 Å². The number of rotatable bonds is 9. The lowest BCUT2D eigenvalue weighted by molar-refractivity contribution is -0.152. The molecule has 0 heterocycles. The molecule has 0 aliphatic heterocycles. The van der Waals surface area contributed by atoms with Crippen molar-refractivity contribution in [1.82, 2.24) is 0 Å². The van der Waals surface area contributed by atoms with Crippen molar-refractivity contribution in [2.75, 3.05) is 13.2 Å². The van der Waals surface area contributed by atoms with Crippen LogP contribution in [0.3, 0.4) is 0 Å². The number of aliphatic hydroxyl groups excluding tert-OH is 1. The lowest BCUT2D eigenvalue weighted by Gasteiger charge is -2.16. The van der Waals surface area contributed by atoms with Crippen molar-refractivity contribution in [3.63, 3.8) is 0 Å². The zero-order valence-corrected chi connectivity index (χ0v) is 15.5. The van der Waals surface area contributed by atoms with Crippen LogP contribution in [0.25, 0.3) is 0 Å².